The molecule has 1 aromatic rings. The summed E-state index contributed by atoms with van der Waals surface area (Å²) in [6.07, 6.45) is 1.08. The number of esters is 1. The van der Waals surface area contributed by atoms with Crippen molar-refractivity contribution in [2.24, 2.45) is 11.8 Å². The van der Waals surface area contributed by atoms with Crippen LogP contribution in [0.4, 0.5) is 0 Å². The Balaban J connectivity index is 2.00. The molecule has 3 amide bonds. The number of carbonyl (C=O) groups excluding carboxylic acids is 4. The van der Waals surface area contributed by atoms with Gasteiger partial charge in [-0.1, -0.05) is 13.8 Å². The van der Waals surface area contributed by atoms with E-state index in [2.05, 4.69) is 5.32 Å². The van der Waals surface area contributed by atoms with Gasteiger partial charge in [0.1, 0.15) is 17.5 Å². The number of carbonyl (C=O) groups is 4. The van der Waals surface area contributed by atoms with Crippen molar-refractivity contribution >= 4 is 23.7 Å². The minimum Gasteiger partial charge on any atom is -0.497 e. The molecule has 2 rings (SSSR count). The van der Waals surface area contributed by atoms with E-state index < -0.39 is 11.9 Å². The number of nitrogens with zero attached hydrogens (tertiary/aromatic N) is 2. The topological polar surface area (TPSA) is 114 Å². The molecule has 0 spiro atoms. The number of likely N-dealkylation sites (tertiary alicyclic amines) is 1. The number of ether oxygens (including phenoxy) is 3. The second-order valence-corrected chi connectivity index (χ2v) is 8.90. The summed E-state index contributed by atoms with van der Waals surface area (Å²) in [6, 6.07) is 3.95. The second-order valence-electron chi connectivity index (χ2n) is 8.90. The van der Waals surface area contributed by atoms with E-state index >= 15 is 0 Å². The number of methoxy groups -OCH3 is 2. The number of amides is 3. The first kappa shape index (κ1) is 27.9. The van der Waals surface area contributed by atoms with Gasteiger partial charge in [-0.25, -0.2) is 0 Å². The van der Waals surface area contributed by atoms with Crippen LogP contribution in [0, 0.1) is 11.8 Å². The average molecular weight is 492 g/mol. The number of hydrogen-bond acceptors (Lipinski definition) is 7. The zero-order valence-electron chi connectivity index (χ0n) is 21.5. The number of hydrogen-bond donors (Lipinski definition) is 1. The third kappa shape index (κ3) is 7.60. The minimum absolute atomic E-state index is 0.116. The van der Waals surface area contributed by atoms with E-state index in [0.717, 1.165) is 0 Å². The second kappa shape index (κ2) is 13.0. The van der Waals surface area contributed by atoms with E-state index in [-0.39, 0.29) is 36.2 Å². The maximum absolute atomic E-state index is 13.2. The summed E-state index contributed by atoms with van der Waals surface area (Å²) >= 11 is 0. The van der Waals surface area contributed by atoms with Crippen LogP contribution in [0.2, 0.25) is 0 Å². The van der Waals surface area contributed by atoms with Crippen molar-refractivity contribution in [3.63, 3.8) is 0 Å². The molecule has 0 saturated carbocycles. The van der Waals surface area contributed by atoms with Gasteiger partial charge >= 0.3 is 5.97 Å². The molecule has 10 heteroatoms. The van der Waals surface area contributed by atoms with Crippen LogP contribution >= 0.6 is 0 Å². The molecule has 1 aliphatic rings. The molecular formula is C25H37N3O7. The van der Waals surface area contributed by atoms with Crippen LogP contribution in [0.5, 0.6) is 11.5 Å². The predicted molar refractivity (Wildman–Crippen MR) is 129 cm³/mol. The van der Waals surface area contributed by atoms with Crippen molar-refractivity contribution in [1.29, 1.82) is 0 Å². The molecule has 1 aliphatic heterocycles. The molecule has 10 nitrogen and oxygen atoms in total. The summed E-state index contributed by atoms with van der Waals surface area (Å²) in [7, 11) is 4.52. The molecule has 0 bridgehead atoms. The predicted octanol–water partition coefficient (Wildman–Crippen LogP) is 1.72. The average Bonchev–Trinajstić information content (AvgIpc) is 2.86. The molecule has 0 aromatic heterocycles. The van der Waals surface area contributed by atoms with Gasteiger partial charge in [0, 0.05) is 31.8 Å². The van der Waals surface area contributed by atoms with E-state index in [1.807, 2.05) is 13.8 Å². The third-order valence-electron chi connectivity index (χ3n) is 6.05. The Morgan fingerprint density at radius 1 is 1.06 bits per heavy atom. The molecule has 0 aliphatic carbocycles. The van der Waals surface area contributed by atoms with Crippen LogP contribution < -0.4 is 14.8 Å². The van der Waals surface area contributed by atoms with Crippen LogP contribution in [0.25, 0.3) is 0 Å². The Bertz CT molecular complexity index is 888. The molecule has 1 atom stereocenters. The highest BCUT2D eigenvalue weighted by Gasteiger charge is 2.32. The fraction of sp³-hybridized carbons (Fsp3) is 0.600. The van der Waals surface area contributed by atoms with Crippen molar-refractivity contribution in [1.82, 2.24) is 15.1 Å². The molecule has 1 heterocycles. The Morgan fingerprint density at radius 2 is 1.63 bits per heavy atom. The number of nitrogens with one attached hydrogen (secondary N) is 1. The highest BCUT2D eigenvalue weighted by molar-refractivity contribution is 5.98. The molecule has 0 radical (unpaired) electrons. The molecule has 1 saturated heterocycles. The summed E-state index contributed by atoms with van der Waals surface area (Å²) < 4.78 is 15.5. The fourth-order valence-corrected chi connectivity index (χ4v) is 3.92. The fourth-order valence-electron chi connectivity index (χ4n) is 3.92. The van der Waals surface area contributed by atoms with Gasteiger partial charge in [-0.2, -0.15) is 0 Å². The van der Waals surface area contributed by atoms with Crippen molar-refractivity contribution in [3.05, 3.63) is 23.8 Å². The van der Waals surface area contributed by atoms with Crippen molar-refractivity contribution in [3.8, 4) is 11.5 Å². The normalized spacial score (nSPS) is 14.8. The van der Waals surface area contributed by atoms with Crippen LogP contribution in [0.1, 0.15) is 44.0 Å². The Labute approximate surface area is 206 Å². The molecule has 1 fully saturated rings. The zero-order valence-corrected chi connectivity index (χ0v) is 21.5. The van der Waals surface area contributed by atoms with Gasteiger partial charge in [0.2, 0.25) is 11.8 Å². The summed E-state index contributed by atoms with van der Waals surface area (Å²) in [5, 5.41) is 2.78. The SMILES string of the molecule is CCOC(=O)C1CCN(C(=O)CN(C)C(=O)C(NC(=O)c2cc(OC)cc(OC)c2)C(C)C)CC1. The lowest BCUT2D eigenvalue weighted by atomic mass is 9.97. The Hall–Kier alpha value is -3.30. The van der Waals surface area contributed by atoms with E-state index in [0.29, 0.717) is 49.6 Å². The summed E-state index contributed by atoms with van der Waals surface area (Å²) in [5.74, 6) is -0.739. The maximum Gasteiger partial charge on any atom is 0.309 e. The highest BCUT2D eigenvalue weighted by Crippen LogP contribution is 2.23. The van der Waals surface area contributed by atoms with E-state index in [1.165, 1.54) is 19.1 Å². The lowest BCUT2D eigenvalue weighted by Crippen LogP contribution is -2.53. The van der Waals surface area contributed by atoms with Crippen LogP contribution in [0.3, 0.4) is 0 Å². The smallest absolute Gasteiger partial charge is 0.309 e. The Morgan fingerprint density at radius 3 is 2.11 bits per heavy atom. The quantitative estimate of drug-likeness (QED) is 0.496. The van der Waals surface area contributed by atoms with E-state index in [1.54, 1.807) is 37.1 Å². The van der Waals surface area contributed by atoms with Crippen molar-refractivity contribution in [2.45, 2.75) is 39.7 Å². The number of piperidine rings is 1. The Kier molecular flexibility index (Phi) is 10.4. The summed E-state index contributed by atoms with van der Waals surface area (Å²) in [6.45, 7) is 6.51. The first-order chi connectivity index (χ1) is 16.6. The minimum atomic E-state index is -0.827. The lowest BCUT2D eigenvalue weighted by Gasteiger charge is -2.33. The van der Waals surface area contributed by atoms with Gasteiger partial charge in [-0.15, -0.1) is 0 Å². The van der Waals surface area contributed by atoms with Crippen LogP contribution in [0.15, 0.2) is 18.2 Å². The molecule has 35 heavy (non-hydrogen) atoms. The third-order valence-corrected chi connectivity index (χ3v) is 6.05. The van der Waals surface area contributed by atoms with Crippen LogP contribution in [-0.4, -0.2) is 87.0 Å². The molecular weight excluding hydrogens is 454 g/mol. The largest absolute Gasteiger partial charge is 0.497 e. The monoisotopic (exact) mass is 491 g/mol. The van der Waals surface area contributed by atoms with Crippen LogP contribution in [-0.2, 0) is 19.1 Å². The maximum atomic E-state index is 13.2. The first-order valence-electron chi connectivity index (χ1n) is 11.8. The van der Waals surface area contributed by atoms with Crippen molar-refractivity contribution < 1.29 is 33.4 Å². The van der Waals surface area contributed by atoms with Gasteiger partial charge in [-0.05, 0) is 37.8 Å². The summed E-state index contributed by atoms with van der Waals surface area (Å²) in [5.41, 5.74) is 0.294. The van der Waals surface area contributed by atoms with Gasteiger partial charge < -0.3 is 29.3 Å². The molecule has 194 valence electrons. The molecule has 1 aromatic carbocycles. The standard InChI is InChI=1S/C25H37N3O7/c1-7-35-25(32)17-8-10-28(11-9-17)21(29)15-27(4)24(31)22(16(2)3)26-23(30)18-12-19(33-5)14-20(13-18)34-6/h12-14,16-17,22H,7-11,15H2,1-6H3,(H,26,30). The van der Waals surface area contributed by atoms with Gasteiger partial charge in [0.25, 0.3) is 5.91 Å². The summed E-state index contributed by atoms with van der Waals surface area (Å²) in [4.78, 5) is 53.8. The van der Waals surface area contributed by atoms with E-state index in [9.17, 15) is 19.2 Å². The number of benzene rings is 1. The molecule has 1 N–H and O–H groups in total. The lowest BCUT2D eigenvalue weighted by molar-refractivity contribution is -0.151. The highest BCUT2D eigenvalue weighted by atomic mass is 16.5. The van der Waals surface area contributed by atoms with Crippen molar-refractivity contribution in [2.75, 3.05) is 47.5 Å². The first-order valence-corrected chi connectivity index (χ1v) is 11.8. The number of likely N-dealkylation sites (N-methyl/N-ethyl adjacent to an activating group) is 1. The van der Waals surface area contributed by atoms with Gasteiger partial charge in [0.15, 0.2) is 0 Å². The van der Waals surface area contributed by atoms with E-state index in [4.69, 9.17) is 14.2 Å². The van der Waals surface area contributed by atoms with Gasteiger partial charge in [0.05, 0.1) is 33.3 Å². The van der Waals surface area contributed by atoms with Gasteiger partial charge in [-0.3, -0.25) is 19.2 Å². The number of rotatable bonds is 10. The zero-order chi connectivity index (χ0) is 26.1. The molecule has 1 unspecified atom stereocenters.